The minimum absolute atomic E-state index is 0.0469. The number of amides is 3. The van der Waals surface area contributed by atoms with E-state index in [0.717, 1.165) is 11.3 Å². The molecule has 6 rings (SSSR count). The molecule has 2 saturated carbocycles. The predicted octanol–water partition coefficient (Wildman–Crippen LogP) is 3.25. The first-order valence-electron chi connectivity index (χ1n) is 9.36. The summed E-state index contributed by atoms with van der Waals surface area (Å²) in [5, 5.41) is 0.137. The zero-order chi connectivity index (χ0) is 20.7. The number of anilines is 1. The van der Waals surface area contributed by atoms with Gasteiger partial charge < -0.3 is 0 Å². The third-order valence-corrected chi connectivity index (χ3v) is 6.88. The van der Waals surface area contributed by atoms with Crippen LogP contribution in [0.3, 0.4) is 0 Å². The Labute approximate surface area is 169 Å². The number of hydrogen-bond donors (Lipinski definition) is 0. The number of carbonyl (C=O) groups is 3. The molecule has 5 aliphatic rings. The van der Waals surface area contributed by atoms with Crippen molar-refractivity contribution in [3.63, 3.8) is 0 Å². The van der Waals surface area contributed by atoms with Crippen molar-refractivity contribution in [3.8, 4) is 0 Å². The Balaban J connectivity index is 1.47. The molecule has 2 bridgehead atoms. The van der Waals surface area contributed by atoms with Crippen LogP contribution in [0.4, 0.5) is 18.9 Å². The number of rotatable bonds is 3. The van der Waals surface area contributed by atoms with Gasteiger partial charge in [-0.05, 0) is 48.3 Å². The van der Waals surface area contributed by atoms with Crippen LogP contribution in [0.25, 0.3) is 0 Å². The Hall–Kier alpha value is -2.35. The van der Waals surface area contributed by atoms with Gasteiger partial charge in [0.2, 0.25) is 11.8 Å². The van der Waals surface area contributed by atoms with Crippen molar-refractivity contribution >= 4 is 35.0 Å². The van der Waals surface area contributed by atoms with E-state index in [4.69, 9.17) is 11.6 Å². The molecule has 4 aliphatic carbocycles. The Morgan fingerprint density at radius 1 is 1.10 bits per heavy atom. The van der Waals surface area contributed by atoms with Crippen LogP contribution in [0.2, 0.25) is 5.02 Å². The number of allylic oxidation sites excluding steroid dienone is 2. The smallest absolute Gasteiger partial charge is 0.286 e. The maximum absolute atomic E-state index is 13.2. The quantitative estimate of drug-likeness (QED) is 0.553. The monoisotopic (exact) mass is 424 g/mol. The van der Waals surface area contributed by atoms with E-state index in [9.17, 15) is 27.6 Å². The molecular formula is C20H16ClF3N2O3. The molecule has 0 unspecified atom stereocenters. The molecule has 0 aromatic heterocycles. The van der Waals surface area contributed by atoms with Crippen molar-refractivity contribution in [3.05, 3.63) is 41.4 Å². The molecule has 3 fully saturated rings. The Bertz CT molecular complexity index is 927. The van der Waals surface area contributed by atoms with Gasteiger partial charge in [-0.3, -0.25) is 24.2 Å². The lowest BCUT2D eigenvalue weighted by Gasteiger charge is -2.37. The third kappa shape index (κ3) is 2.72. The fraction of sp³-hybridized carbons (Fsp3) is 0.450. The number of likely N-dealkylation sites (tertiary alicyclic amines) is 1. The van der Waals surface area contributed by atoms with Gasteiger partial charge in [0.25, 0.3) is 0 Å². The second-order valence-corrected chi connectivity index (χ2v) is 8.55. The molecule has 1 heterocycles. The molecule has 6 atom stereocenters. The lowest BCUT2D eigenvalue weighted by atomic mass is 9.63. The molecule has 5 nitrogen and oxygen atoms in total. The summed E-state index contributed by atoms with van der Waals surface area (Å²) >= 11 is 5.87. The Morgan fingerprint density at radius 3 is 2.21 bits per heavy atom. The van der Waals surface area contributed by atoms with Gasteiger partial charge in [-0.15, -0.1) is 0 Å². The maximum atomic E-state index is 13.2. The highest BCUT2D eigenvalue weighted by molar-refractivity contribution is 6.31. The minimum atomic E-state index is -5.16. The minimum Gasteiger partial charge on any atom is -0.286 e. The van der Waals surface area contributed by atoms with E-state index in [-0.39, 0.29) is 22.5 Å². The molecule has 0 N–H and O–H groups in total. The second-order valence-electron chi connectivity index (χ2n) is 8.11. The Morgan fingerprint density at radius 2 is 1.69 bits per heavy atom. The van der Waals surface area contributed by atoms with Crippen LogP contribution in [0.5, 0.6) is 0 Å². The average Bonchev–Trinajstić information content (AvgIpc) is 3.44. The van der Waals surface area contributed by atoms with Crippen LogP contribution in [0, 0.1) is 35.5 Å². The molecule has 1 aliphatic heterocycles. The average molecular weight is 425 g/mol. The highest BCUT2D eigenvalue weighted by Crippen LogP contribution is 2.65. The number of hydrogen-bond acceptors (Lipinski definition) is 3. The molecule has 29 heavy (non-hydrogen) atoms. The Kier molecular flexibility index (Phi) is 3.91. The molecule has 9 heteroatoms. The standard InChI is InChI=1S/C20H16ClF3N2O3/c21-9-2-1-3-10(6-9)25(19(29)20(22,23)24)8-26-17(27)15-11-4-5-12(14-7-13(11)14)16(15)18(26)28/h1-6,11-16H,7-8H2/t11-,12-,13-,14+,15-,16+/m1/s1. The van der Waals surface area contributed by atoms with Crippen molar-refractivity contribution in [2.45, 2.75) is 12.6 Å². The van der Waals surface area contributed by atoms with Gasteiger partial charge in [0.1, 0.15) is 6.67 Å². The van der Waals surface area contributed by atoms with Crippen molar-refractivity contribution in [2.75, 3.05) is 11.6 Å². The van der Waals surface area contributed by atoms with Crippen molar-refractivity contribution in [2.24, 2.45) is 35.5 Å². The number of nitrogens with zero attached hydrogens (tertiary/aromatic N) is 2. The zero-order valence-electron chi connectivity index (χ0n) is 15.0. The summed E-state index contributed by atoms with van der Waals surface area (Å²) < 4.78 is 39.7. The van der Waals surface area contributed by atoms with E-state index < -0.39 is 42.4 Å². The van der Waals surface area contributed by atoms with Gasteiger partial charge in [0.05, 0.1) is 11.8 Å². The van der Waals surface area contributed by atoms with Crippen LogP contribution in [0.1, 0.15) is 6.42 Å². The highest BCUT2D eigenvalue weighted by atomic mass is 35.5. The number of alkyl halides is 3. The summed E-state index contributed by atoms with van der Waals surface area (Å²) in [6.45, 7) is -0.780. The van der Waals surface area contributed by atoms with Crippen LogP contribution < -0.4 is 4.90 Å². The lowest BCUT2D eigenvalue weighted by molar-refractivity contribution is -0.171. The first kappa shape index (κ1) is 18.7. The van der Waals surface area contributed by atoms with Crippen LogP contribution in [-0.4, -0.2) is 35.5 Å². The second kappa shape index (κ2) is 6.08. The fourth-order valence-electron chi connectivity index (χ4n) is 5.36. The maximum Gasteiger partial charge on any atom is 0.471 e. The van der Waals surface area contributed by atoms with Gasteiger partial charge in [0.15, 0.2) is 0 Å². The summed E-state index contributed by atoms with van der Waals surface area (Å²) in [7, 11) is 0. The number of carbonyl (C=O) groups excluding carboxylic acids is 3. The molecule has 1 aromatic rings. The molecule has 3 amide bonds. The van der Waals surface area contributed by atoms with E-state index in [1.807, 2.05) is 12.2 Å². The van der Waals surface area contributed by atoms with E-state index in [2.05, 4.69) is 0 Å². The van der Waals surface area contributed by atoms with Crippen LogP contribution in [0.15, 0.2) is 36.4 Å². The van der Waals surface area contributed by atoms with Gasteiger partial charge in [-0.2, -0.15) is 13.2 Å². The van der Waals surface area contributed by atoms with E-state index in [0.29, 0.717) is 16.7 Å². The van der Waals surface area contributed by atoms with Crippen LogP contribution >= 0.6 is 11.6 Å². The van der Waals surface area contributed by atoms with Gasteiger partial charge >= 0.3 is 12.1 Å². The van der Waals surface area contributed by atoms with Crippen LogP contribution in [-0.2, 0) is 14.4 Å². The SMILES string of the molecule is O=C1[C@@H]2[C@@H]3C=C[C@H]([C@@H]4C[C@H]34)[C@@H]2C(=O)N1CN(C(=O)C(F)(F)F)c1cccc(Cl)c1. The van der Waals surface area contributed by atoms with Crippen molar-refractivity contribution in [1.82, 2.24) is 4.90 Å². The predicted molar refractivity (Wildman–Crippen MR) is 96.4 cm³/mol. The van der Waals surface area contributed by atoms with E-state index in [1.54, 1.807) is 0 Å². The summed E-state index contributed by atoms with van der Waals surface area (Å²) in [6.07, 6.45) is -0.227. The summed E-state index contributed by atoms with van der Waals surface area (Å²) in [5.41, 5.74) is -0.126. The number of benzene rings is 1. The van der Waals surface area contributed by atoms with E-state index in [1.165, 1.54) is 24.3 Å². The highest BCUT2D eigenvalue weighted by Gasteiger charge is 2.67. The third-order valence-electron chi connectivity index (χ3n) is 6.64. The van der Waals surface area contributed by atoms with E-state index >= 15 is 0 Å². The van der Waals surface area contributed by atoms with Gasteiger partial charge in [-0.1, -0.05) is 29.8 Å². The first-order valence-corrected chi connectivity index (χ1v) is 9.74. The summed E-state index contributed by atoms with van der Waals surface area (Å²) in [6, 6.07) is 5.34. The molecule has 0 radical (unpaired) electrons. The topological polar surface area (TPSA) is 57.7 Å². The normalized spacial score (nSPS) is 34.3. The van der Waals surface area contributed by atoms with Gasteiger partial charge in [0, 0.05) is 10.7 Å². The first-order chi connectivity index (χ1) is 13.7. The van der Waals surface area contributed by atoms with Crippen molar-refractivity contribution in [1.29, 1.82) is 0 Å². The molecule has 1 aromatic carbocycles. The summed E-state index contributed by atoms with van der Waals surface area (Å²) in [5.74, 6) is -3.55. The zero-order valence-corrected chi connectivity index (χ0v) is 15.7. The largest absolute Gasteiger partial charge is 0.471 e. The van der Waals surface area contributed by atoms with Crippen molar-refractivity contribution < 1.29 is 27.6 Å². The molecule has 0 spiro atoms. The molecule has 152 valence electrons. The number of imide groups is 1. The molecule has 1 saturated heterocycles. The lowest BCUT2D eigenvalue weighted by Crippen LogP contribution is -2.49. The fourth-order valence-corrected chi connectivity index (χ4v) is 5.54. The number of halogens is 4. The summed E-state index contributed by atoms with van der Waals surface area (Å²) in [4.78, 5) is 39.4. The van der Waals surface area contributed by atoms with Gasteiger partial charge in [-0.25, -0.2) is 0 Å². The molecular weight excluding hydrogens is 409 g/mol.